The zero-order chi connectivity index (χ0) is 68.3. The van der Waals surface area contributed by atoms with Gasteiger partial charge in [-0.05, 0) is 138 Å². The lowest BCUT2D eigenvalue weighted by Crippen LogP contribution is -2.21. The fraction of sp³-hybridized carbons (Fsp3) is 0.647. The summed E-state index contributed by atoms with van der Waals surface area (Å²) in [4.78, 5) is 6.45. The van der Waals surface area contributed by atoms with Gasteiger partial charge < -0.3 is 56.8 Å². The molecule has 24 heteroatoms. The molecule has 0 bridgehead atoms. The van der Waals surface area contributed by atoms with Crippen molar-refractivity contribution in [2.24, 2.45) is 0 Å². The third kappa shape index (κ3) is 51.8. The molecular weight excluding hydrogens is 1390 g/mol. The quantitative estimate of drug-likeness (QED) is 0.229. The Morgan fingerprint density at radius 3 is 1.28 bits per heavy atom. The van der Waals surface area contributed by atoms with Crippen molar-refractivity contribution in [3.8, 4) is 0 Å². The van der Waals surface area contributed by atoms with Crippen LogP contribution in [0, 0.1) is 0 Å². The molecule has 0 saturated heterocycles. The first-order valence-corrected chi connectivity index (χ1v) is 42.8. The van der Waals surface area contributed by atoms with E-state index >= 15 is 0 Å². The van der Waals surface area contributed by atoms with E-state index in [-0.39, 0.29) is 0 Å². The predicted molar refractivity (Wildman–Crippen MR) is 423 cm³/mol. The summed E-state index contributed by atoms with van der Waals surface area (Å²) in [6.07, 6.45) is 16.2. The summed E-state index contributed by atoms with van der Waals surface area (Å²) in [6.45, 7) is 47.9. The van der Waals surface area contributed by atoms with Crippen molar-refractivity contribution >= 4 is 141 Å². The SMILES string of the molecule is C1=CSCCO1.CC1=C(C)SCCO1.CC1=COC(C)C(C)S1.CC1=COC(C)CS1.CC1=COCC(C)S1.CC1=COCCS1.CC1=CSC(C)C(C)O1.CC1=CSC(C)CO1.CC1=CSCCO1.CC1COC=CS1.CC1CSC=CO1.CC1OC=CSC1C. The molecule has 12 aliphatic heterocycles. The molecule has 0 saturated carbocycles. The molecular formula is C68H112O12S12. The van der Waals surface area contributed by atoms with Crippen LogP contribution in [-0.2, 0) is 56.8 Å². The smallest absolute Gasteiger partial charge is 0.107 e. The van der Waals surface area contributed by atoms with E-state index in [0.717, 1.165) is 104 Å². The molecule has 0 fully saturated rings. The zero-order valence-electron chi connectivity index (χ0n) is 58.5. The van der Waals surface area contributed by atoms with Crippen LogP contribution in [0.2, 0.25) is 0 Å². The van der Waals surface area contributed by atoms with Crippen molar-refractivity contribution < 1.29 is 56.8 Å². The summed E-state index contributed by atoms with van der Waals surface area (Å²) in [5.74, 6) is 10.9. The molecule has 12 rings (SSSR count). The molecule has 0 aliphatic carbocycles. The maximum atomic E-state index is 5.44. The highest BCUT2D eigenvalue weighted by atomic mass is 32.2. The normalized spacial score (nSPS) is 28.3. The number of allylic oxidation sites excluding steroid dienone is 9. The van der Waals surface area contributed by atoms with E-state index in [2.05, 4.69) is 122 Å². The third-order valence-corrected chi connectivity index (χ3v) is 24.5. The van der Waals surface area contributed by atoms with Crippen LogP contribution < -0.4 is 0 Å². The molecule has 12 heterocycles. The van der Waals surface area contributed by atoms with Gasteiger partial charge in [0.2, 0.25) is 0 Å². The van der Waals surface area contributed by atoms with Crippen molar-refractivity contribution in [3.05, 3.63) is 136 Å². The molecule has 0 aromatic carbocycles. The fourth-order valence-electron chi connectivity index (χ4n) is 6.44. The Morgan fingerprint density at radius 1 is 0.359 bits per heavy atom. The summed E-state index contributed by atoms with van der Waals surface area (Å²) in [7, 11) is 0. The van der Waals surface area contributed by atoms with Crippen LogP contribution in [0.25, 0.3) is 0 Å². The van der Waals surface area contributed by atoms with E-state index in [1.165, 1.54) is 24.5 Å². The van der Waals surface area contributed by atoms with Gasteiger partial charge in [-0.1, -0.05) is 0 Å². The molecule has 0 N–H and O–H groups in total. The van der Waals surface area contributed by atoms with Crippen molar-refractivity contribution in [2.75, 3.05) is 80.8 Å². The second-order valence-corrected chi connectivity index (χ2v) is 36.9. The summed E-state index contributed by atoms with van der Waals surface area (Å²) in [5.41, 5.74) is 0. The van der Waals surface area contributed by atoms with Crippen LogP contribution >= 0.6 is 141 Å². The topological polar surface area (TPSA) is 111 Å². The second-order valence-electron chi connectivity index (χ2n) is 21.5. The minimum absolute atomic E-state index is 0.374. The van der Waals surface area contributed by atoms with Crippen molar-refractivity contribution in [1.29, 1.82) is 0 Å². The summed E-state index contributed by atoms with van der Waals surface area (Å²) < 4.78 is 61.8. The molecule has 12 aliphatic rings. The van der Waals surface area contributed by atoms with Crippen LogP contribution in [0.4, 0.5) is 0 Å². The maximum Gasteiger partial charge on any atom is 0.107 e. The molecule has 0 radical (unpaired) electrons. The lowest BCUT2D eigenvalue weighted by molar-refractivity contribution is 0.131. The summed E-state index contributed by atoms with van der Waals surface area (Å²) in [6, 6.07) is 0. The molecule has 11 unspecified atom stereocenters. The van der Waals surface area contributed by atoms with E-state index in [1.807, 2.05) is 197 Å². The number of hydrogen-bond acceptors (Lipinski definition) is 24. The lowest BCUT2D eigenvalue weighted by atomic mass is 10.3. The Labute approximate surface area is 609 Å². The summed E-state index contributed by atoms with van der Waals surface area (Å²) in [5, 5.41) is 17.8. The highest BCUT2D eigenvalue weighted by molar-refractivity contribution is 8.05. The van der Waals surface area contributed by atoms with E-state index in [0.29, 0.717) is 62.0 Å². The third-order valence-electron chi connectivity index (χ3n) is 12.2. The van der Waals surface area contributed by atoms with Gasteiger partial charge in [-0.15, -0.1) is 141 Å². The fourth-order valence-corrected chi connectivity index (χ4v) is 14.7. The standard InChI is InChI=1S/2C7H12OS.5C6H10OS.4C5H8OS.C4H6OS/c1-5-4-9-7(3)6(2)8-5;1-5-4-8-6(2)7(3)9-5;2*1-5-4-8-6(2)3-7-5;1-5-3-7-4-6(2)8-5;2*1-5-6(2)8-4-3-7-5;2*1-5-4-7-3-2-6-5;2*1-5-4-6-2-3-7-5;1-3-6-4-2-5-1/h2*4,6-7H,1-3H3;4,6H,3H2,1-2H3;3,5H,4H2,1-2H3;3,6H,4H2,1-2H3;3-4H2,1-2H3;3-6H,1-2H3;4H,2-3H2,1H3;2-3,5H,4H2,1H3;4H,2-3H2,1H3;2-3,5H,4H2,1H3;1,3H,2,4H2. The molecule has 0 spiro atoms. The second kappa shape index (κ2) is 57.6. The molecule has 12 nitrogen and oxygen atoms in total. The van der Waals surface area contributed by atoms with Crippen LogP contribution in [-0.4, -0.2) is 143 Å². The van der Waals surface area contributed by atoms with Gasteiger partial charge in [0, 0.05) is 128 Å². The van der Waals surface area contributed by atoms with Crippen LogP contribution in [0.5, 0.6) is 0 Å². The van der Waals surface area contributed by atoms with Gasteiger partial charge in [0.15, 0.2) is 0 Å². The van der Waals surface area contributed by atoms with Gasteiger partial charge in [-0.25, -0.2) is 0 Å². The van der Waals surface area contributed by atoms with Gasteiger partial charge in [0.1, 0.15) is 36.3 Å². The molecule has 0 aromatic heterocycles. The van der Waals surface area contributed by atoms with Gasteiger partial charge in [0.05, 0.1) is 114 Å². The van der Waals surface area contributed by atoms with E-state index in [1.54, 1.807) is 48.6 Å². The monoisotopic (exact) mass is 1500 g/mol. The maximum absolute atomic E-state index is 5.44. The Morgan fingerprint density at radius 2 is 0.935 bits per heavy atom. The Hall–Kier alpha value is -1.32. The van der Waals surface area contributed by atoms with Crippen LogP contribution in [0.15, 0.2) is 136 Å². The number of rotatable bonds is 0. The lowest BCUT2D eigenvalue weighted by Gasteiger charge is -2.24. The molecule has 11 atom stereocenters. The molecule has 0 amide bonds. The molecule has 528 valence electrons. The van der Waals surface area contributed by atoms with Crippen LogP contribution in [0.3, 0.4) is 0 Å². The first kappa shape index (κ1) is 88.7. The van der Waals surface area contributed by atoms with Crippen LogP contribution in [0.1, 0.15) is 138 Å². The first-order valence-electron chi connectivity index (χ1n) is 31.2. The van der Waals surface area contributed by atoms with Gasteiger partial charge in [-0.2, -0.15) is 0 Å². The van der Waals surface area contributed by atoms with Gasteiger partial charge >= 0.3 is 0 Å². The Bertz CT molecular complexity index is 2180. The molecule has 92 heavy (non-hydrogen) atoms. The minimum Gasteiger partial charge on any atom is -0.500 e. The Kier molecular flexibility index (Phi) is 55.5. The van der Waals surface area contributed by atoms with E-state index in [9.17, 15) is 0 Å². The van der Waals surface area contributed by atoms with Gasteiger partial charge in [0.25, 0.3) is 0 Å². The molecule has 0 aromatic rings. The number of hydrogen-bond donors (Lipinski definition) is 0. The van der Waals surface area contributed by atoms with Crippen molar-refractivity contribution in [3.63, 3.8) is 0 Å². The summed E-state index contributed by atoms with van der Waals surface area (Å²) >= 11 is 22.1. The van der Waals surface area contributed by atoms with E-state index < -0.39 is 0 Å². The zero-order valence-corrected chi connectivity index (χ0v) is 68.3. The predicted octanol–water partition coefficient (Wildman–Crippen LogP) is 22.4. The average Bonchev–Trinajstić information content (AvgIpc) is 3.39. The first-order chi connectivity index (χ1) is 43.9. The number of thioether (sulfide) groups is 12. The minimum atomic E-state index is 0.374. The van der Waals surface area contributed by atoms with Gasteiger partial charge in [-0.3, -0.25) is 0 Å². The average molecular weight is 1510 g/mol. The highest BCUT2D eigenvalue weighted by Gasteiger charge is 2.19. The Balaban J connectivity index is 0.000000502. The largest absolute Gasteiger partial charge is 0.500 e. The number of ether oxygens (including phenoxy) is 12. The van der Waals surface area contributed by atoms with E-state index in [4.69, 9.17) is 56.8 Å². The van der Waals surface area contributed by atoms with Crippen molar-refractivity contribution in [2.45, 2.75) is 200 Å². The highest BCUT2D eigenvalue weighted by Crippen LogP contribution is 2.31. The van der Waals surface area contributed by atoms with Crippen molar-refractivity contribution in [1.82, 2.24) is 0 Å².